The van der Waals surface area contributed by atoms with Gasteiger partial charge in [-0.1, -0.05) is 0 Å². The third-order valence-corrected chi connectivity index (χ3v) is 7.73. The fourth-order valence-corrected chi connectivity index (χ4v) is 5.71. The molecule has 1 aliphatic rings. The van der Waals surface area contributed by atoms with E-state index >= 15 is 0 Å². The first-order valence-corrected chi connectivity index (χ1v) is 12.4. The largest absolute Gasteiger partial charge is 0.351 e. The number of hydrogen-bond acceptors (Lipinski definition) is 4. The van der Waals surface area contributed by atoms with Gasteiger partial charge in [0.25, 0.3) is 12.0 Å². The lowest BCUT2D eigenvalue weighted by Crippen LogP contribution is -2.45. The molecule has 1 saturated heterocycles. The van der Waals surface area contributed by atoms with Crippen molar-refractivity contribution in [2.24, 2.45) is 0 Å². The minimum Gasteiger partial charge on any atom is -0.351 e. The van der Waals surface area contributed by atoms with E-state index in [1.54, 1.807) is 0 Å². The Bertz CT molecular complexity index is 1440. The molecule has 4 rings (SSSR count). The van der Waals surface area contributed by atoms with Crippen LogP contribution >= 0.6 is 0 Å². The number of carbonyl (C=O) groups is 1. The average Bonchev–Trinajstić information content (AvgIpc) is 3.33. The van der Waals surface area contributed by atoms with Crippen LogP contribution in [0.5, 0.6) is 0 Å². The van der Waals surface area contributed by atoms with E-state index in [1.165, 1.54) is 6.07 Å². The quantitative estimate of drug-likeness (QED) is 0.480. The molecular formula is C24H21F4N3O4S. The van der Waals surface area contributed by atoms with Gasteiger partial charge in [-0.15, -0.1) is 0 Å². The van der Waals surface area contributed by atoms with Crippen LogP contribution in [0.15, 0.2) is 70.5 Å². The number of amides is 1. The number of benzene rings is 2. The third-order valence-electron chi connectivity index (χ3n) is 5.81. The Morgan fingerprint density at radius 1 is 1.03 bits per heavy atom. The minimum atomic E-state index is -4.04. The normalized spacial score (nSPS) is 16.4. The highest BCUT2D eigenvalue weighted by atomic mass is 32.2. The molecule has 0 spiro atoms. The number of hydrogen-bond donors (Lipinski definition) is 1. The first-order chi connectivity index (χ1) is 17.1. The van der Waals surface area contributed by atoms with E-state index in [0.717, 1.165) is 63.6 Å². The van der Waals surface area contributed by atoms with Gasteiger partial charge in [0.05, 0.1) is 10.6 Å². The molecule has 1 fully saturated rings. The highest BCUT2D eigenvalue weighted by Crippen LogP contribution is 2.26. The average molecular weight is 524 g/mol. The summed E-state index contributed by atoms with van der Waals surface area (Å²) in [7, 11) is -4.04. The summed E-state index contributed by atoms with van der Waals surface area (Å²) in [4.78, 5) is 24.9. The molecule has 2 heterocycles. The summed E-state index contributed by atoms with van der Waals surface area (Å²) < 4.78 is 81.1. The van der Waals surface area contributed by atoms with Gasteiger partial charge in [0.2, 0.25) is 15.9 Å². The van der Waals surface area contributed by atoms with E-state index in [2.05, 4.69) is 5.32 Å². The van der Waals surface area contributed by atoms with Crippen molar-refractivity contribution < 1.29 is 30.8 Å². The number of pyridine rings is 1. The number of nitrogens with one attached hydrogen (secondary N) is 1. The van der Waals surface area contributed by atoms with Crippen molar-refractivity contribution in [1.82, 2.24) is 14.2 Å². The molecule has 1 aromatic heterocycles. The molecule has 3 aromatic rings. The van der Waals surface area contributed by atoms with Gasteiger partial charge >= 0.3 is 0 Å². The second-order valence-corrected chi connectivity index (χ2v) is 10.1. The van der Waals surface area contributed by atoms with Crippen LogP contribution < -0.4 is 10.9 Å². The lowest BCUT2D eigenvalue weighted by atomic mass is 10.1. The number of carbonyl (C=O) groups excluding carboxylic acids is 1. The van der Waals surface area contributed by atoms with E-state index in [0.29, 0.717) is 6.42 Å². The van der Waals surface area contributed by atoms with Crippen molar-refractivity contribution in [3.8, 4) is 5.69 Å². The maximum atomic E-state index is 14.2. The standard InChI is InChI=1S/C24H21F4N3O4S/c25-17-3-5-20(6-4-17)36(34,35)31-8-1-2-21(31)24(33)29-14-15-10-18(26)13-19(11-15)30-9-7-16(23(27)28)12-22(30)32/h3-7,9-13,21,23H,1-2,8,14H2,(H,29,33)/t21-/m0/s1. The first-order valence-electron chi connectivity index (χ1n) is 10.9. The summed E-state index contributed by atoms with van der Waals surface area (Å²) in [5.41, 5.74) is -0.890. The molecule has 0 bridgehead atoms. The zero-order chi connectivity index (χ0) is 26.0. The monoisotopic (exact) mass is 523 g/mol. The molecule has 12 heteroatoms. The molecule has 1 aliphatic heterocycles. The predicted octanol–water partition coefficient (Wildman–Crippen LogP) is 3.52. The summed E-state index contributed by atoms with van der Waals surface area (Å²) in [6.45, 7) is -0.0617. The van der Waals surface area contributed by atoms with Gasteiger partial charge in [-0.2, -0.15) is 4.31 Å². The highest BCUT2D eigenvalue weighted by Gasteiger charge is 2.39. The Kier molecular flexibility index (Phi) is 7.27. The van der Waals surface area contributed by atoms with Crippen LogP contribution in [-0.2, 0) is 21.4 Å². The summed E-state index contributed by atoms with van der Waals surface area (Å²) in [6, 6.07) is 8.68. The van der Waals surface area contributed by atoms with Crippen LogP contribution in [0.25, 0.3) is 5.69 Å². The Morgan fingerprint density at radius 3 is 2.42 bits per heavy atom. The van der Waals surface area contributed by atoms with Gasteiger partial charge in [0.15, 0.2) is 0 Å². The number of halogens is 4. The Hall–Kier alpha value is -3.51. The van der Waals surface area contributed by atoms with Crippen molar-refractivity contribution in [2.45, 2.75) is 36.7 Å². The van der Waals surface area contributed by atoms with Crippen LogP contribution in [0.1, 0.15) is 30.4 Å². The lowest BCUT2D eigenvalue weighted by molar-refractivity contribution is -0.124. The number of alkyl halides is 2. The van der Waals surface area contributed by atoms with Crippen LogP contribution in [-0.4, -0.2) is 35.8 Å². The van der Waals surface area contributed by atoms with E-state index < -0.39 is 51.2 Å². The molecule has 0 unspecified atom stereocenters. The van der Waals surface area contributed by atoms with Gasteiger partial charge in [-0.3, -0.25) is 14.2 Å². The van der Waals surface area contributed by atoms with E-state index in [9.17, 15) is 35.6 Å². The Labute approximate surface area is 204 Å². The molecular weight excluding hydrogens is 502 g/mol. The van der Waals surface area contributed by atoms with E-state index in [4.69, 9.17) is 0 Å². The van der Waals surface area contributed by atoms with Crippen molar-refractivity contribution in [2.75, 3.05) is 6.54 Å². The molecule has 1 amide bonds. The third kappa shape index (κ3) is 5.34. The molecule has 1 N–H and O–H groups in total. The van der Waals surface area contributed by atoms with Crippen molar-refractivity contribution in [3.05, 3.63) is 93.9 Å². The first kappa shape index (κ1) is 25.6. The SMILES string of the molecule is O=C(NCc1cc(F)cc(-n2ccc(C(F)F)cc2=O)c1)[C@@H]1CCCN1S(=O)(=O)c1ccc(F)cc1. The minimum absolute atomic E-state index is 0.0754. The fraction of sp³-hybridized carbons (Fsp3) is 0.250. The maximum Gasteiger partial charge on any atom is 0.264 e. The van der Waals surface area contributed by atoms with Crippen LogP contribution in [0, 0.1) is 11.6 Å². The predicted molar refractivity (Wildman–Crippen MR) is 122 cm³/mol. The van der Waals surface area contributed by atoms with Gasteiger partial charge < -0.3 is 5.32 Å². The van der Waals surface area contributed by atoms with Gasteiger partial charge in [-0.05, 0) is 66.9 Å². The van der Waals surface area contributed by atoms with Crippen molar-refractivity contribution in [3.63, 3.8) is 0 Å². The van der Waals surface area contributed by atoms with Crippen LogP contribution in [0.3, 0.4) is 0 Å². The number of rotatable bonds is 7. The topological polar surface area (TPSA) is 88.5 Å². The Balaban J connectivity index is 1.50. The van der Waals surface area contributed by atoms with Crippen LogP contribution in [0.4, 0.5) is 17.6 Å². The summed E-state index contributed by atoms with van der Waals surface area (Å²) in [5, 5.41) is 2.59. The molecule has 0 saturated carbocycles. The van der Waals surface area contributed by atoms with E-state index in [1.807, 2.05) is 0 Å². The number of nitrogens with zero attached hydrogens (tertiary/aromatic N) is 2. The van der Waals surface area contributed by atoms with Gasteiger partial charge in [0, 0.05) is 30.9 Å². The zero-order valence-corrected chi connectivity index (χ0v) is 19.5. The van der Waals surface area contributed by atoms with E-state index in [-0.39, 0.29) is 35.7 Å². The Morgan fingerprint density at radius 2 is 1.75 bits per heavy atom. The smallest absolute Gasteiger partial charge is 0.264 e. The fourth-order valence-electron chi connectivity index (χ4n) is 4.06. The zero-order valence-electron chi connectivity index (χ0n) is 18.7. The second-order valence-electron chi connectivity index (χ2n) is 8.23. The molecule has 36 heavy (non-hydrogen) atoms. The molecule has 0 aliphatic carbocycles. The molecule has 7 nitrogen and oxygen atoms in total. The van der Waals surface area contributed by atoms with Crippen LogP contribution in [0.2, 0.25) is 0 Å². The van der Waals surface area contributed by atoms with Crippen molar-refractivity contribution in [1.29, 1.82) is 0 Å². The molecule has 190 valence electrons. The van der Waals surface area contributed by atoms with Gasteiger partial charge in [-0.25, -0.2) is 26.0 Å². The maximum absolute atomic E-state index is 14.2. The second kappa shape index (κ2) is 10.2. The van der Waals surface area contributed by atoms with Gasteiger partial charge in [0.1, 0.15) is 17.7 Å². The number of aromatic nitrogens is 1. The summed E-state index contributed by atoms with van der Waals surface area (Å²) >= 11 is 0. The number of sulfonamides is 1. The van der Waals surface area contributed by atoms with Crippen molar-refractivity contribution >= 4 is 15.9 Å². The molecule has 2 aromatic carbocycles. The summed E-state index contributed by atoms with van der Waals surface area (Å²) in [5.74, 6) is -1.91. The summed E-state index contributed by atoms with van der Waals surface area (Å²) in [6.07, 6.45) is -1.00. The lowest BCUT2D eigenvalue weighted by Gasteiger charge is -2.23. The molecule has 1 atom stereocenters. The highest BCUT2D eigenvalue weighted by molar-refractivity contribution is 7.89. The molecule has 0 radical (unpaired) electrons.